The Morgan fingerprint density at radius 2 is 1.95 bits per heavy atom. The summed E-state index contributed by atoms with van der Waals surface area (Å²) in [6.07, 6.45) is 0. The first-order valence-corrected chi connectivity index (χ1v) is 7.06. The summed E-state index contributed by atoms with van der Waals surface area (Å²) in [5, 5.41) is 10.6. The molecule has 0 unspecified atom stereocenters. The number of halogens is 3. The van der Waals surface area contributed by atoms with Crippen molar-refractivity contribution in [1.82, 2.24) is 0 Å². The van der Waals surface area contributed by atoms with Crippen molar-refractivity contribution in [2.24, 2.45) is 0 Å². The quantitative estimate of drug-likeness (QED) is 0.541. The average molecular weight is 405 g/mol. The summed E-state index contributed by atoms with van der Waals surface area (Å²) in [4.78, 5) is 10.2. The molecule has 0 saturated heterocycles. The van der Waals surface area contributed by atoms with Crippen LogP contribution in [0.15, 0.2) is 45.3 Å². The third-order valence-corrected chi connectivity index (χ3v) is 3.67. The summed E-state index contributed by atoms with van der Waals surface area (Å²) >= 11 is 6.43. The monoisotopic (exact) mass is 403 g/mol. The van der Waals surface area contributed by atoms with Crippen molar-refractivity contribution in [2.45, 2.75) is 6.61 Å². The highest BCUT2D eigenvalue weighted by Crippen LogP contribution is 2.26. The van der Waals surface area contributed by atoms with Gasteiger partial charge in [-0.25, -0.2) is 4.39 Å². The van der Waals surface area contributed by atoms with E-state index < -0.39 is 10.7 Å². The Hall–Kier alpha value is -1.47. The van der Waals surface area contributed by atoms with Gasteiger partial charge in [-0.15, -0.1) is 0 Å². The van der Waals surface area contributed by atoms with Crippen LogP contribution in [0.3, 0.4) is 0 Å². The molecule has 0 spiro atoms. The number of rotatable bonds is 4. The van der Waals surface area contributed by atoms with Gasteiger partial charge in [-0.2, -0.15) is 0 Å². The molecule has 0 aliphatic carbocycles. The van der Waals surface area contributed by atoms with Gasteiger partial charge >= 0.3 is 0 Å². The number of hydrogen-bond donors (Lipinski definition) is 0. The standard InChI is InChI=1S/C13H8Br2FNO3/c14-9-3-10(16)5-12(4-9)20-7-8-1-2-11(17(18)19)6-13(8)15/h1-6H,7H2. The predicted octanol–water partition coefficient (Wildman–Crippen LogP) is 4.84. The van der Waals surface area contributed by atoms with Crippen molar-refractivity contribution in [3.8, 4) is 5.75 Å². The van der Waals surface area contributed by atoms with Gasteiger partial charge in [0.2, 0.25) is 0 Å². The Balaban J connectivity index is 2.12. The topological polar surface area (TPSA) is 52.4 Å². The van der Waals surface area contributed by atoms with Gasteiger partial charge in [0.05, 0.1) is 4.92 Å². The van der Waals surface area contributed by atoms with Gasteiger partial charge in [0.15, 0.2) is 0 Å². The molecule has 104 valence electrons. The van der Waals surface area contributed by atoms with Crippen LogP contribution in [-0.2, 0) is 6.61 Å². The molecule has 0 aromatic heterocycles. The fourth-order valence-corrected chi connectivity index (χ4v) is 2.47. The van der Waals surface area contributed by atoms with E-state index in [0.29, 0.717) is 14.7 Å². The molecule has 2 rings (SSSR count). The van der Waals surface area contributed by atoms with Crippen LogP contribution in [0.1, 0.15) is 5.56 Å². The van der Waals surface area contributed by atoms with Crippen molar-refractivity contribution in [3.63, 3.8) is 0 Å². The third kappa shape index (κ3) is 3.77. The van der Waals surface area contributed by atoms with E-state index >= 15 is 0 Å². The van der Waals surface area contributed by atoms with E-state index in [1.807, 2.05) is 0 Å². The van der Waals surface area contributed by atoms with Crippen molar-refractivity contribution in [3.05, 3.63) is 66.8 Å². The van der Waals surface area contributed by atoms with Gasteiger partial charge < -0.3 is 4.74 Å². The molecule has 0 N–H and O–H groups in total. The first kappa shape index (κ1) is 14.9. The normalized spacial score (nSPS) is 10.3. The second-order valence-corrected chi connectivity index (χ2v) is 5.70. The zero-order valence-electron chi connectivity index (χ0n) is 9.98. The maximum Gasteiger partial charge on any atom is 0.270 e. The number of non-ortho nitro benzene ring substituents is 1. The second kappa shape index (κ2) is 6.32. The Bertz CT molecular complexity index is 644. The number of nitrogens with zero attached hydrogens (tertiary/aromatic N) is 1. The molecule has 0 bridgehead atoms. The summed E-state index contributed by atoms with van der Waals surface area (Å²) in [6, 6.07) is 8.63. The van der Waals surface area contributed by atoms with Gasteiger partial charge in [0.1, 0.15) is 18.2 Å². The minimum atomic E-state index is -0.473. The number of nitro groups is 1. The van der Waals surface area contributed by atoms with E-state index in [4.69, 9.17) is 4.74 Å². The Morgan fingerprint density at radius 1 is 1.20 bits per heavy atom. The van der Waals surface area contributed by atoms with Crippen LogP contribution in [-0.4, -0.2) is 4.92 Å². The van der Waals surface area contributed by atoms with Crippen molar-refractivity contribution in [2.75, 3.05) is 0 Å². The molecule has 0 aliphatic rings. The molecule has 2 aromatic rings. The maximum absolute atomic E-state index is 13.2. The molecule has 0 fully saturated rings. The van der Waals surface area contributed by atoms with E-state index in [1.165, 1.54) is 24.3 Å². The Kier molecular flexibility index (Phi) is 4.72. The molecule has 7 heteroatoms. The first-order valence-electron chi connectivity index (χ1n) is 5.47. The van der Waals surface area contributed by atoms with Crippen LogP contribution >= 0.6 is 31.9 Å². The summed E-state index contributed by atoms with van der Waals surface area (Å²) in [5.41, 5.74) is 0.727. The van der Waals surface area contributed by atoms with E-state index in [2.05, 4.69) is 31.9 Å². The van der Waals surface area contributed by atoms with Crippen LogP contribution in [0.2, 0.25) is 0 Å². The van der Waals surface area contributed by atoms with Crippen LogP contribution in [0, 0.1) is 15.9 Å². The second-order valence-electron chi connectivity index (χ2n) is 3.93. The smallest absolute Gasteiger partial charge is 0.270 e. The van der Waals surface area contributed by atoms with E-state index in [-0.39, 0.29) is 12.3 Å². The lowest BCUT2D eigenvalue weighted by Crippen LogP contribution is -1.98. The van der Waals surface area contributed by atoms with Gasteiger partial charge in [-0.05, 0) is 18.2 Å². The van der Waals surface area contributed by atoms with Gasteiger partial charge in [-0.3, -0.25) is 10.1 Å². The largest absolute Gasteiger partial charge is 0.489 e. The Labute approximate surface area is 131 Å². The SMILES string of the molecule is O=[N+]([O-])c1ccc(COc2cc(F)cc(Br)c2)c(Br)c1. The van der Waals surface area contributed by atoms with Gasteiger partial charge in [-0.1, -0.05) is 31.9 Å². The highest BCUT2D eigenvalue weighted by atomic mass is 79.9. The first-order chi connectivity index (χ1) is 9.45. The molecule has 0 radical (unpaired) electrons. The van der Waals surface area contributed by atoms with Crippen molar-refractivity contribution in [1.29, 1.82) is 0 Å². The summed E-state index contributed by atoms with van der Waals surface area (Å²) in [7, 11) is 0. The van der Waals surface area contributed by atoms with Crippen LogP contribution < -0.4 is 4.74 Å². The molecule has 20 heavy (non-hydrogen) atoms. The number of ether oxygens (including phenoxy) is 1. The van der Waals surface area contributed by atoms with E-state index in [9.17, 15) is 14.5 Å². The zero-order chi connectivity index (χ0) is 14.7. The van der Waals surface area contributed by atoms with Gasteiger partial charge in [0.25, 0.3) is 5.69 Å². The number of hydrogen-bond acceptors (Lipinski definition) is 3. The molecular formula is C13H8Br2FNO3. The van der Waals surface area contributed by atoms with Crippen LogP contribution in [0.4, 0.5) is 10.1 Å². The zero-order valence-corrected chi connectivity index (χ0v) is 13.1. The highest BCUT2D eigenvalue weighted by Gasteiger charge is 2.10. The fraction of sp³-hybridized carbons (Fsp3) is 0.0769. The molecule has 4 nitrogen and oxygen atoms in total. The van der Waals surface area contributed by atoms with Crippen LogP contribution in [0.5, 0.6) is 5.75 Å². The lowest BCUT2D eigenvalue weighted by Gasteiger charge is -2.08. The minimum absolute atomic E-state index is 0.00544. The summed E-state index contributed by atoms with van der Waals surface area (Å²) < 4.78 is 19.8. The average Bonchev–Trinajstić information content (AvgIpc) is 2.36. The number of nitro benzene ring substituents is 1. The number of benzene rings is 2. The molecular weight excluding hydrogens is 397 g/mol. The lowest BCUT2D eigenvalue weighted by atomic mass is 10.2. The van der Waals surface area contributed by atoms with Crippen LogP contribution in [0.25, 0.3) is 0 Å². The van der Waals surface area contributed by atoms with Crippen molar-refractivity contribution < 1.29 is 14.1 Å². The lowest BCUT2D eigenvalue weighted by molar-refractivity contribution is -0.384. The molecule has 0 amide bonds. The molecule has 0 saturated carbocycles. The molecule has 2 aromatic carbocycles. The predicted molar refractivity (Wildman–Crippen MR) is 79.2 cm³/mol. The molecule has 0 heterocycles. The van der Waals surface area contributed by atoms with E-state index in [1.54, 1.807) is 12.1 Å². The molecule has 0 aliphatic heterocycles. The summed E-state index contributed by atoms with van der Waals surface area (Å²) in [6.45, 7) is 0.175. The highest BCUT2D eigenvalue weighted by molar-refractivity contribution is 9.10. The van der Waals surface area contributed by atoms with E-state index in [0.717, 1.165) is 5.56 Å². The van der Waals surface area contributed by atoms with Gasteiger partial charge in [0, 0.05) is 32.7 Å². The molecule has 0 atom stereocenters. The minimum Gasteiger partial charge on any atom is -0.489 e. The maximum atomic E-state index is 13.2. The van der Waals surface area contributed by atoms with Crippen molar-refractivity contribution >= 4 is 37.5 Å². The summed E-state index contributed by atoms with van der Waals surface area (Å²) in [5.74, 6) is -0.0285. The Morgan fingerprint density at radius 3 is 2.55 bits per heavy atom. The fourth-order valence-electron chi connectivity index (χ4n) is 1.54. The third-order valence-electron chi connectivity index (χ3n) is 2.48.